The van der Waals surface area contributed by atoms with Crippen molar-refractivity contribution >= 4 is 27.8 Å². The molecule has 112 valence electrons. The van der Waals surface area contributed by atoms with Gasteiger partial charge in [0.1, 0.15) is 5.69 Å². The van der Waals surface area contributed by atoms with Gasteiger partial charge in [-0.1, -0.05) is 0 Å². The number of hydrogen-bond donors (Lipinski definition) is 0. The van der Waals surface area contributed by atoms with E-state index in [1.807, 2.05) is 6.20 Å². The normalized spacial score (nSPS) is 10.4. The highest BCUT2D eigenvalue weighted by Crippen LogP contribution is 2.15. The highest BCUT2D eigenvalue weighted by Gasteiger charge is 2.19. The number of hydrogen-bond acceptors (Lipinski definition) is 4. The third-order valence-corrected chi connectivity index (χ3v) is 3.29. The fourth-order valence-electron chi connectivity index (χ4n) is 1.74. The van der Waals surface area contributed by atoms with Crippen LogP contribution in [0.5, 0.6) is 0 Å². The SMILES string of the molecule is COCCN(CCC(=O)OC)C(=O)c1cc(Br)cn1C. The Morgan fingerprint density at radius 3 is 2.55 bits per heavy atom. The van der Waals surface area contributed by atoms with E-state index in [-0.39, 0.29) is 18.3 Å². The molecule has 0 bridgehead atoms. The van der Waals surface area contributed by atoms with Gasteiger partial charge >= 0.3 is 5.97 Å². The lowest BCUT2D eigenvalue weighted by Gasteiger charge is -2.22. The average Bonchev–Trinajstić information content (AvgIpc) is 2.76. The molecule has 0 saturated carbocycles. The van der Waals surface area contributed by atoms with Crippen molar-refractivity contribution in [3.05, 3.63) is 22.4 Å². The summed E-state index contributed by atoms with van der Waals surface area (Å²) in [4.78, 5) is 25.3. The predicted molar refractivity (Wildman–Crippen MR) is 77.5 cm³/mol. The van der Waals surface area contributed by atoms with Gasteiger partial charge < -0.3 is 18.9 Å². The summed E-state index contributed by atoms with van der Waals surface area (Å²) in [5.74, 6) is -0.479. The summed E-state index contributed by atoms with van der Waals surface area (Å²) in [6.45, 7) is 1.14. The summed E-state index contributed by atoms with van der Waals surface area (Å²) in [7, 11) is 4.70. The zero-order valence-electron chi connectivity index (χ0n) is 11.9. The lowest BCUT2D eigenvalue weighted by Crippen LogP contribution is -2.36. The molecule has 1 aromatic rings. The second-order valence-corrected chi connectivity index (χ2v) is 5.18. The van der Waals surface area contributed by atoms with E-state index in [0.29, 0.717) is 25.4 Å². The first kappa shape index (κ1) is 16.7. The molecule has 0 radical (unpaired) electrons. The Morgan fingerprint density at radius 1 is 1.35 bits per heavy atom. The van der Waals surface area contributed by atoms with E-state index >= 15 is 0 Å². The summed E-state index contributed by atoms with van der Waals surface area (Å²) in [5.41, 5.74) is 0.554. The molecule has 6 nitrogen and oxygen atoms in total. The maximum Gasteiger partial charge on any atom is 0.307 e. The number of carbonyl (C=O) groups is 2. The molecule has 1 amide bonds. The maximum atomic E-state index is 12.5. The van der Waals surface area contributed by atoms with Crippen molar-refractivity contribution in [2.24, 2.45) is 7.05 Å². The second kappa shape index (κ2) is 8.06. The van der Waals surface area contributed by atoms with Crippen LogP contribution in [0.1, 0.15) is 16.9 Å². The van der Waals surface area contributed by atoms with Crippen LogP contribution < -0.4 is 0 Å². The first-order chi connectivity index (χ1) is 9.49. The van der Waals surface area contributed by atoms with Gasteiger partial charge in [0.05, 0.1) is 20.1 Å². The molecule has 0 aliphatic carbocycles. The molecule has 0 N–H and O–H groups in total. The summed E-state index contributed by atoms with van der Waals surface area (Å²) >= 11 is 3.34. The van der Waals surface area contributed by atoms with E-state index in [1.165, 1.54) is 7.11 Å². The van der Waals surface area contributed by atoms with E-state index in [4.69, 9.17) is 4.74 Å². The number of aromatic nitrogens is 1. The van der Waals surface area contributed by atoms with Crippen LogP contribution >= 0.6 is 15.9 Å². The zero-order chi connectivity index (χ0) is 15.1. The van der Waals surface area contributed by atoms with Gasteiger partial charge in [0.25, 0.3) is 5.91 Å². The minimum atomic E-state index is -0.340. The van der Waals surface area contributed by atoms with E-state index in [2.05, 4.69) is 20.7 Å². The van der Waals surface area contributed by atoms with Gasteiger partial charge in [-0.25, -0.2) is 0 Å². The molecule has 1 rings (SSSR count). The van der Waals surface area contributed by atoms with Crippen molar-refractivity contribution < 1.29 is 19.1 Å². The van der Waals surface area contributed by atoms with Crippen molar-refractivity contribution in [1.29, 1.82) is 0 Å². The van der Waals surface area contributed by atoms with Gasteiger partial charge in [0, 0.05) is 37.9 Å². The Bertz CT molecular complexity index is 473. The molecule has 0 unspecified atom stereocenters. The van der Waals surface area contributed by atoms with Gasteiger partial charge in [-0.3, -0.25) is 9.59 Å². The molecule has 0 aliphatic heterocycles. The van der Waals surface area contributed by atoms with Crippen LogP contribution in [0.4, 0.5) is 0 Å². The molecule has 1 heterocycles. The number of aryl methyl sites for hydroxylation is 1. The summed E-state index contributed by atoms with van der Waals surface area (Å²) in [6.07, 6.45) is 1.97. The van der Waals surface area contributed by atoms with Crippen molar-refractivity contribution in [2.75, 3.05) is 33.9 Å². The van der Waals surface area contributed by atoms with Gasteiger partial charge in [0.2, 0.25) is 0 Å². The Hall–Kier alpha value is -1.34. The van der Waals surface area contributed by atoms with Crippen molar-refractivity contribution in [2.45, 2.75) is 6.42 Å². The number of nitrogens with zero attached hydrogens (tertiary/aromatic N) is 2. The summed E-state index contributed by atoms with van der Waals surface area (Å²) in [6, 6.07) is 1.75. The number of rotatable bonds is 7. The lowest BCUT2D eigenvalue weighted by molar-refractivity contribution is -0.140. The van der Waals surface area contributed by atoms with Gasteiger partial charge in [0.15, 0.2) is 0 Å². The molecular formula is C13H19BrN2O4. The first-order valence-electron chi connectivity index (χ1n) is 6.16. The van der Waals surface area contributed by atoms with E-state index in [1.54, 1.807) is 29.7 Å². The van der Waals surface area contributed by atoms with Crippen LogP contribution in [0.25, 0.3) is 0 Å². The van der Waals surface area contributed by atoms with Crippen LogP contribution in [-0.4, -0.2) is 55.3 Å². The van der Waals surface area contributed by atoms with Crippen molar-refractivity contribution in [3.63, 3.8) is 0 Å². The van der Waals surface area contributed by atoms with Crippen LogP contribution in [0.15, 0.2) is 16.7 Å². The predicted octanol–water partition coefficient (Wildman–Crippen LogP) is 1.44. The van der Waals surface area contributed by atoms with Crippen molar-refractivity contribution in [1.82, 2.24) is 9.47 Å². The Balaban J connectivity index is 2.78. The number of methoxy groups -OCH3 is 2. The molecule has 0 aliphatic rings. The van der Waals surface area contributed by atoms with Crippen LogP contribution in [-0.2, 0) is 21.3 Å². The molecule has 0 atom stereocenters. The molecule has 0 saturated heterocycles. The number of ether oxygens (including phenoxy) is 2. The monoisotopic (exact) mass is 346 g/mol. The molecule has 7 heteroatoms. The van der Waals surface area contributed by atoms with Gasteiger partial charge in [-0.15, -0.1) is 0 Å². The second-order valence-electron chi connectivity index (χ2n) is 4.27. The summed E-state index contributed by atoms with van der Waals surface area (Å²) < 4.78 is 12.2. The molecule has 0 aromatic carbocycles. The maximum absolute atomic E-state index is 12.5. The Labute approximate surface area is 126 Å². The van der Waals surface area contributed by atoms with E-state index < -0.39 is 0 Å². The molecule has 20 heavy (non-hydrogen) atoms. The minimum absolute atomic E-state index is 0.140. The van der Waals surface area contributed by atoms with Crippen LogP contribution in [0.2, 0.25) is 0 Å². The average molecular weight is 347 g/mol. The minimum Gasteiger partial charge on any atom is -0.469 e. The third kappa shape index (κ3) is 4.64. The highest BCUT2D eigenvalue weighted by molar-refractivity contribution is 9.10. The Morgan fingerprint density at radius 2 is 2.05 bits per heavy atom. The summed E-state index contributed by atoms with van der Waals surface area (Å²) in [5, 5.41) is 0. The molecular weight excluding hydrogens is 328 g/mol. The molecule has 0 fully saturated rings. The number of esters is 1. The fraction of sp³-hybridized carbons (Fsp3) is 0.538. The zero-order valence-corrected chi connectivity index (χ0v) is 13.5. The highest BCUT2D eigenvalue weighted by atomic mass is 79.9. The number of halogens is 1. The third-order valence-electron chi connectivity index (χ3n) is 2.86. The van der Waals surface area contributed by atoms with Crippen LogP contribution in [0, 0.1) is 0 Å². The van der Waals surface area contributed by atoms with Crippen molar-refractivity contribution in [3.8, 4) is 0 Å². The number of carbonyl (C=O) groups excluding carboxylic acids is 2. The number of amides is 1. The fourth-order valence-corrected chi connectivity index (χ4v) is 2.27. The topological polar surface area (TPSA) is 60.8 Å². The van der Waals surface area contributed by atoms with E-state index in [9.17, 15) is 9.59 Å². The van der Waals surface area contributed by atoms with Gasteiger partial charge in [-0.05, 0) is 22.0 Å². The molecule has 0 spiro atoms. The van der Waals surface area contributed by atoms with Gasteiger partial charge in [-0.2, -0.15) is 0 Å². The first-order valence-corrected chi connectivity index (χ1v) is 6.95. The quantitative estimate of drug-likeness (QED) is 0.701. The molecule has 1 aromatic heterocycles. The van der Waals surface area contributed by atoms with E-state index in [0.717, 1.165) is 4.47 Å². The lowest BCUT2D eigenvalue weighted by atomic mass is 10.3. The van der Waals surface area contributed by atoms with Crippen LogP contribution in [0.3, 0.4) is 0 Å². The smallest absolute Gasteiger partial charge is 0.307 e. The Kier molecular flexibility index (Phi) is 6.74. The largest absolute Gasteiger partial charge is 0.469 e. The standard InChI is InChI=1S/C13H19BrN2O4/c1-15-9-10(14)8-11(15)13(18)16(6-7-19-2)5-4-12(17)20-3/h8-9H,4-7H2,1-3H3.